The highest BCUT2D eigenvalue weighted by molar-refractivity contribution is 6.33. The van der Waals surface area contributed by atoms with E-state index < -0.39 is 12.0 Å². The number of anilines is 1. The van der Waals surface area contributed by atoms with Gasteiger partial charge < -0.3 is 10.4 Å². The van der Waals surface area contributed by atoms with Gasteiger partial charge in [-0.3, -0.25) is 14.5 Å². The highest BCUT2D eigenvalue weighted by Crippen LogP contribution is 2.23. The van der Waals surface area contributed by atoms with Gasteiger partial charge in [0.25, 0.3) is 0 Å². The number of nitrogens with one attached hydrogen (secondary N) is 1. The van der Waals surface area contributed by atoms with Crippen molar-refractivity contribution in [3.8, 4) is 0 Å². The van der Waals surface area contributed by atoms with Gasteiger partial charge >= 0.3 is 5.97 Å². The van der Waals surface area contributed by atoms with Crippen LogP contribution < -0.4 is 5.32 Å². The van der Waals surface area contributed by atoms with E-state index >= 15 is 0 Å². The molecule has 1 aliphatic heterocycles. The zero-order valence-electron chi connectivity index (χ0n) is 11.2. The number of amides is 1. The SMILES string of the molecule is Cc1ccc(NC(=O)CN2CCC[C@@H]2C(=O)O)c(Cl)c1. The van der Waals surface area contributed by atoms with Gasteiger partial charge in [0.05, 0.1) is 17.3 Å². The molecule has 2 N–H and O–H groups in total. The Hall–Kier alpha value is -1.59. The summed E-state index contributed by atoms with van der Waals surface area (Å²) in [6, 6.07) is 4.81. The molecule has 1 amide bonds. The van der Waals surface area contributed by atoms with E-state index in [1.807, 2.05) is 13.0 Å². The van der Waals surface area contributed by atoms with Crippen LogP contribution in [0.4, 0.5) is 5.69 Å². The van der Waals surface area contributed by atoms with E-state index in [2.05, 4.69) is 5.32 Å². The largest absolute Gasteiger partial charge is 0.480 e. The summed E-state index contributed by atoms with van der Waals surface area (Å²) in [5.74, 6) is -1.12. The zero-order chi connectivity index (χ0) is 14.7. The summed E-state index contributed by atoms with van der Waals surface area (Å²) < 4.78 is 0. The third-order valence-electron chi connectivity index (χ3n) is 3.39. The van der Waals surface area contributed by atoms with Crippen LogP contribution in [0.25, 0.3) is 0 Å². The average molecular weight is 297 g/mol. The van der Waals surface area contributed by atoms with Crippen LogP contribution in [0.1, 0.15) is 18.4 Å². The molecule has 1 aliphatic rings. The highest BCUT2D eigenvalue weighted by atomic mass is 35.5. The van der Waals surface area contributed by atoms with Crippen molar-refractivity contribution in [2.75, 3.05) is 18.4 Å². The molecular formula is C14H17ClN2O3. The summed E-state index contributed by atoms with van der Waals surface area (Å²) in [5.41, 5.74) is 1.56. The van der Waals surface area contributed by atoms with Gasteiger partial charge in [-0.2, -0.15) is 0 Å². The molecule has 0 unspecified atom stereocenters. The van der Waals surface area contributed by atoms with Crippen molar-refractivity contribution < 1.29 is 14.7 Å². The number of carboxylic acid groups (broad SMARTS) is 1. The van der Waals surface area contributed by atoms with Crippen LogP contribution in [0.2, 0.25) is 5.02 Å². The fraction of sp³-hybridized carbons (Fsp3) is 0.429. The molecule has 0 bridgehead atoms. The van der Waals surface area contributed by atoms with Crippen LogP contribution in [0.3, 0.4) is 0 Å². The monoisotopic (exact) mass is 296 g/mol. The van der Waals surface area contributed by atoms with Crippen LogP contribution in [-0.2, 0) is 9.59 Å². The zero-order valence-corrected chi connectivity index (χ0v) is 12.0. The minimum atomic E-state index is -0.872. The predicted octanol–water partition coefficient (Wildman–Crippen LogP) is 2.14. The van der Waals surface area contributed by atoms with E-state index in [0.29, 0.717) is 23.7 Å². The first-order valence-corrected chi connectivity index (χ1v) is 6.88. The maximum atomic E-state index is 12.0. The van der Waals surface area contributed by atoms with E-state index in [9.17, 15) is 9.59 Å². The first-order chi connectivity index (χ1) is 9.47. The molecule has 0 radical (unpaired) electrons. The third-order valence-corrected chi connectivity index (χ3v) is 3.71. The number of likely N-dealkylation sites (tertiary alicyclic amines) is 1. The van der Waals surface area contributed by atoms with Crippen molar-refractivity contribution in [1.29, 1.82) is 0 Å². The fourth-order valence-electron chi connectivity index (χ4n) is 2.39. The van der Waals surface area contributed by atoms with Crippen LogP contribution in [0, 0.1) is 6.92 Å². The van der Waals surface area contributed by atoms with Crippen LogP contribution in [0.15, 0.2) is 18.2 Å². The Morgan fingerprint density at radius 2 is 2.25 bits per heavy atom. The van der Waals surface area contributed by atoms with E-state index in [-0.39, 0.29) is 12.5 Å². The Morgan fingerprint density at radius 3 is 2.90 bits per heavy atom. The second kappa shape index (κ2) is 6.24. The maximum absolute atomic E-state index is 12.0. The predicted molar refractivity (Wildman–Crippen MR) is 77.0 cm³/mol. The average Bonchev–Trinajstić information content (AvgIpc) is 2.81. The number of hydrogen-bond acceptors (Lipinski definition) is 3. The lowest BCUT2D eigenvalue weighted by atomic mass is 10.2. The van der Waals surface area contributed by atoms with Crippen molar-refractivity contribution in [1.82, 2.24) is 4.90 Å². The Kier molecular flexibility index (Phi) is 4.62. The topological polar surface area (TPSA) is 69.6 Å². The summed E-state index contributed by atoms with van der Waals surface area (Å²) >= 11 is 6.05. The van der Waals surface area contributed by atoms with E-state index in [4.69, 9.17) is 16.7 Å². The molecule has 20 heavy (non-hydrogen) atoms. The van der Waals surface area contributed by atoms with Crippen LogP contribution >= 0.6 is 11.6 Å². The molecule has 0 aromatic heterocycles. The number of carbonyl (C=O) groups is 2. The summed E-state index contributed by atoms with van der Waals surface area (Å²) in [6.45, 7) is 2.62. The Balaban J connectivity index is 1.97. The lowest BCUT2D eigenvalue weighted by Gasteiger charge is -2.20. The van der Waals surface area contributed by atoms with Gasteiger partial charge in [-0.15, -0.1) is 0 Å². The smallest absolute Gasteiger partial charge is 0.320 e. The minimum absolute atomic E-state index is 0.0706. The molecule has 1 fully saturated rings. The minimum Gasteiger partial charge on any atom is -0.480 e. The fourth-order valence-corrected chi connectivity index (χ4v) is 2.67. The molecule has 0 spiro atoms. The van der Waals surface area contributed by atoms with E-state index in [0.717, 1.165) is 12.0 Å². The van der Waals surface area contributed by atoms with Crippen molar-refractivity contribution in [3.05, 3.63) is 28.8 Å². The van der Waals surface area contributed by atoms with Crippen LogP contribution in [-0.4, -0.2) is 41.0 Å². The molecule has 5 nitrogen and oxygen atoms in total. The number of halogens is 1. The highest BCUT2D eigenvalue weighted by Gasteiger charge is 2.31. The van der Waals surface area contributed by atoms with Crippen molar-refractivity contribution in [3.63, 3.8) is 0 Å². The van der Waals surface area contributed by atoms with E-state index in [1.54, 1.807) is 17.0 Å². The van der Waals surface area contributed by atoms with Gasteiger partial charge in [0, 0.05) is 0 Å². The molecule has 1 aromatic carbocycles. The number of hydrogen-bond donors (Lipinski definition) is 2. The Labute approximate surface area is 122 Å². The summed E-state index contributed by atoms with van der Waals surface area (Å²) in [5, 5.41) is 12.3. The maximum Gasteiger partial charge on any atom is 0.320 e. The Morgan fingerprint density at radius 1 is 1.50 bits per heavy atom. The number of aryl methyl sites for hydroxylation is 1. The lowest BCUT2D eigenvalue weighted by Crippen LogP contribution is -2.40. The van der Waals surface area contributed by atoms with Crippen molar-refractivity contribution >= 4 is 29.2 Å². The van der Waals surface area contributed by atoms with E-state index in [1.165, 1.54) is 0 Å². The summed E-state index contributed by atoms with van der Waals surface area (Å²) in [6.07, 6.45) is 1.39. The van der Waals surface area contributed by atoms with Gasteiger partial charge in [0.2, 0.25) is 5.91 Å². The third kappa shape index (κ3) is 3.49. The molecule has 1 aromatic rings. The quantitative estimate of drug-likeness (QED) is 0.893. The first-order valence-electron chi connectivity index (χ1n) is 6.50. The van der Waals surface area contributed by atoms with Crippen LogP contribution in [0.5, 0.6) is 0 Å². The normalized spacial score (nSPS) is 19.0. The molecule has 1 heterocycles. The molecule has 0 aliphatic carbocycles. The second-order valence-electron chi connectivity index (χ2n) is 5.00. The van der Waals surface area contributed by atoms with Gasteiger partial charge in [-0.05, 0) is 44.0 Å². The first kappa shape index (κ1) is 14.8. The van der Waals surface area contributed by atoms with Gasteiger partial charge in [0.15, 0.2) is 0 Å². The molecule has 6 heteroatoms. The number of aliphatic carboxylic acids is 1. The molecular weight excluding hydrogens is 280 g/mol. The number of carboxylic acids is 1. The number of nitrogens with zero attached hydrogens (tertiary/aromatic N) is 1. The van der Waals surface area contributed by atoms with Crippen molar-refractivity contribution in [2.24, 2.45) is 0 Å². The second-order valence-corrected chi connectivity index (χ2v) is 5.41. The van der Waals surface area contributed by atoms with Crippen molar-refractivity contribution in [2.45, 2.75) is 25.8 Å². The number of carbonyl (C=O) groups excluding carboxylic acids is 1. The number of rotatable bonds is 4. The molecule has 1 atom stereocenters. The molecule has 108 valence electrons. The molecule has 1 saturated heterocycles. The number of benzene rings is 1. The Bertz CT molecular complexity index is 533. The van der Waals surface area contributed by atoms with Gasteiger partial charge in [0.1, 0.15) is 6.04 Å². The molecule has 0 saturated carbocycles. The molecule has 2 rings (SSSR count). The lowest BCUT2D eigenvalue weighted by molar-refractivity contribution is -0.142. The summed E-state index contributed by atoms with van der Waals surface area (Å²) in [7, 11) is 0. The summed E-state index contributed by atoms with van der Waals surface area (Å²) in [4.78, 5) is 24.7. The van der Waals surface area contributed by atoms with Gasteiger partial charge in [-0.1, -0.05) is 17.7 Å². The van der Waals surface area contributed by atoms with Gasteiger partial charge in [-0.25, -0.2) is 0 Å². The standard InChI is InChI=1S/C14H17ClN2O3/c1-9-4-5-11(10(15)7-9)16-13(18)8-17-6-2-3-12(17)14(19)20/h4-5,7,12H,2-3,6,8H2,1H3,(H,16,18)(H,19,20)/t12-/m1/s1.